The van der Waals surface area contributed by atoms with Crippen LogP contribution in [-0.2, 0) is 14.9 Å². The lowest BCUT2D eigenvalue weighted by Crippen LogP contribution is -2.24. The number of carboxylic acid groups (broad SMARTS) is 1. The fourth-order valence-corrected chi connectivity index (χ4v) is 7.07. The number of carbonyl (C=O) groups is 1. The molecule has 0 aromatic heterocycles. The number of benzene rings is 5. The summed E-state index contributed by atoms with van der Waals surface area (Å²) < 4.78 is 42.0. The van der Waals surface area contributed by atoms with Gasteiger partial charge in [0, 0.05) is 45.9 Å². The van der Waals surface area contributed by atoms with E-state index in [2.05, 4.69) is 32.1 Å². The topological polar surface area (TPSA) is 104 Å². The number of anilines is 2. The summed E-state index contributed by atoms with van der Waals surface area (Å²) in [6.45, 7) is 8.35. The van der Waals surface area contributed by atoms with Crippen LogP contribution in [0, 0.1) is 27.7 Å². The zero-order valence-corrected chi connectivity index (χ0v) is 27.4. The SMILES string of the molecule is Cc1cccc(C)c1/C=c1\ccc2c(c1)Oc1cc(N(CCC(=O)O)c3c(C)cccc3C)ccc1C=2c1ccccc1S(=O)(=O)O. The normalized spacial score (nSPS) is 12.7. The number of aryl methyl sites for hydroxylation is 4. The molecule has 0 spiro atoms. The van der Waals surface area contributed by atoms with Crippen LogP contribution in [0.15, 0.2) is 102 Å². The first kappa shape index (κ1) is 31.8. The first-order chi connectivity index (χ1) is 22.4. The molecule has 0 radical (unpaired) electrons. The standard InChI is InChI=1S/C39H35NO6S/c1-24-9-7-10-25(2)33(24)21-28-15-17-30-34(22-28)46-35-23-29(40(20-19-37(41)42)39-26(3)11-8-12-27(39)4)16-18-31(35)38(30)32-13-5-6-14-36(32)47(43,44)45/h5-18,21-23H,19-20H2,1-4H3,(H,41,42)(H,43,44,45)/b28-21+. The second-order valence-electron chi connectivity index (χ2n) is 11.9. The van der Waals surface area contributed by atoms with E-state index in [9.17, 15) is 22.9 Å². The molecule has 0 saturated heterocycles. The lowest BCUT2D eigenvalue weighted by atomic mass is 9.92. The number of nitrogens with zero attached hydrogens (tertiary/aromatic N) is 1. The summed E-state index contributed by atoms with van der Waals surface area (Å²) in [5, 5.41) is 11.2. The highest BCUT2D eigenvalue weighted by atomic mass is 32.2. The lowest BCUT2D eigenvalue weighted by molar-refractivity contribution is -0.136. The third-order valence-corrected chi connectivity index (χ3v) is 9.50. The summed E-state index contributed by atoms with van der Waals surface area (Å²) in [6, 6.07) is 29.9. The number of hydrogen-bond acceptors (Lipinski definition) is 5. The highest BCUT2D eigenvalue weighted by Gasteiger charge is 2.27. The van der Waals surface area contributed by atoms with Crippen molar-refractivity contribution in [3.05, 3.63) is 146 Å². The van der Waals surface area contributed by atoms with E-state index < -0.39 is 16.1 Å². The Morgan fingerprint density at radius 3 is 2.09 bits per heavy atom. The molecule has 0 fully saturated rings. The van der Waals surface area contributed by atoms with Gasteiger partial charge in [0.25, 0.3) is 10.1 Å². The van der Waals surface area contributed by atoms with E-state index in [4.69, 9.17) is 4.74 Å². The highest BCUT2D eigenvalue weighted by Crippen LogP contribution is 2.42. The van der Waals surface area contributed by atoms with Gasteiger partial charge < -0.3 is 14.7 Å². The van der Waals surface area contributed by atoms with Gasteiger partial charge in [-0.2, -0.15) is 8.42 Å². The van der Waals surface area contributed by atoms with Crippen molar-refractivity contribution in [1.82, 2.24) is 0 Å². The van der Waals surface area contributed by atoms with Crippen LogP contribution in [0.25, 0.3) is 11.6 Å². The highest BCUT2D eigenvalue weighted by molar-refractivity contribution is 7.86. The molecule has 0 bridgehead atoms. The van der Waals surface area contributed by atoms with Crippen LogP contribution >= 0.6 is 0 Å². The lowest BCUT2D eigenvalue weighted by Gasteiger charge is -2.30. The van der Waals surface area contributed by atoms with E-state index in [1.54, 1.807) is 18.2 Å². The van der Waals surface area contributed by atoms with Crippen molar-refractivity contribution in [2.24, 2.45) is 0 Å². The molecule has 2 N–H and O–H groups in total. The molecule has 0 amide bonds. The van der Waals surface area contributed by atoms with E-state index in [1.165, 1.54) is 6.07 Å². The fraction of sp³-hybridized carbons (Fsp3) is 0.154. The van der Waals surface area contributed by atoms with E-state index in [1.807, 2.05) is 79.4 Å². The Bertz CT molecular complexity index is 2250. The van der Waals surface area contributed by atoms with Crippen LogP contribution in [-0.4, -0.2) is 30.6 Å². The minimum Gasteiger partial charge on any atom is -0.481 e. The number of ether oxygens (including phenoxy) is 1. The molecule has 0 aliphatic carbocycles. The van der Waals surface area contributed by atoms with Gasteiger partial charge >= 0.3 is 5.97 Å². The Kier molecular flexibility index (Phi) is 8.49. The first-order valence-electron chi connectivity index (χ1n) is 15.3. The van der Waals surface area contributed by atoms with Crippen LogP contribution < -0.4 is 20.1 Å². The van der Waals surface area contributed by atoms with Crippen molar-refractivity contribution in [1.29, 1.82) is 0 Å². The van der Waals surface area contributed by atoms with Gasteiger partial charge in [0.1, 0.15) is 16.4 Å². The predicted octanol–water partition coefficient (Wildman–Crippen LogP) is 6.96. The molecular weight excluding hydrogens is 610 g/mol. The Hall–Kier alpha value is -5.18. The Balaban J connectivity index is 1.60. The maximum Gasteiger partial charge on any atom is 0.305 e. The summed E-state index contributed by atoms with van der Waals surface area (Å²) in [6.07, 6.45) is 2.02. The molecule has 6 rings (SSSR count). The summed E-state index contributed by atoms with van der Waals surface area (Å²) in [4.78, 5) is 13.5. The zero-order valence-electron chi connectivity index (χ0n) is 26.6. The van der Waals surface area contributed by atoms with Gasteiger partial charge in [-0.1, -0.05) is 60.7 Å². The molecule has 1 heterocycles. The average Bonchev–Trinajstić information content (AvgIpc) is 3.02. The molecule has 0 saturated carbocycles. The zero-order chi connectivity index (χ0) is 33.5. The average molecular weight is 646 g/mol. The van der Waals surface area contributed by atoms with Gasteiger partial charge in [-0.15, -0.1) is 0 Å². The quantitative estimate of drug-likeness (QED) is 0.173. The molecule has 0 atom stereocenters. The summed E-state index contributed by atoms with van der Waals surface area (Å²) >= 11 is 0. The molecule has 1 aliphatic heterocycles. The fourth-order valence-electron chi connectivity index (χ4n) is 6.37. The van der Waals surface area contributed by atoms with Gasteiger partial charge in [-0.05, 0) is 97.1 Å². The summed E-state index contributed by atoms with van der Waals surface area (Å²) in [7, 11) is -4.56. The third kappa shape index (κ3) is 6.30. The van der Waals surface area contributed by atoms with Gasteiger partial charge in [0.05, 0.1) is 6.42 Å². The Morgan fingerprint density at radius 1 is 0.766 bits per heavy atom. The van der Waals surface area contributed by atoms with E-state index in [-0.39, 0.29) is 17.9 Å². The molecule has 238 valence electrons. The number of hydrogen-bond donors (Lipinski definition) is 2. The van der Waals surface area contributed by atoms with Gasteiger partial charge in [-0.25, -0.2) is 0 Å². The van der Waals surface area contributed by atoms with Crippen molar-refractivity contribution < 1.29 is 27.6 Å². The number of fused-ring (bicyclic) bond motifs is 2. The van der Waals surface area contributed by atoms with Crippen molar-refractivity contribution in [2.45, 2.75) is 39.0 Å². The third-order valence-electron chi connectivity index (χ3n) is 8.59. The van der Waals surface area contributed by atoms with E-state index >= 15 is 0 Å². The second kappa shape index (κ2) is 12.5. The summed E-state index contributed by atoms with van der Waals surface area (Å²) in [5.74, 6) is 0.0966. The molecule has 0 unspecified atom stereocenters. The van der Waals surface area contributed by atoms with E-state index in [0.29, 0.717) is 33.4 Å². The summed E-state index contributed by atoms with van der Waals surface area (Å²) in [5.41, 5.74) is 8.62. The molecule has 5 aromatic carbocycles. The van der Waals surface area contributed by atoms with Crippen molar-refractivity contribution in [2.75, 3.05) is 11.4 Å². The van der Waals surface area contributed by atoms with Crippen molar-refractivity contribution >= 4 is 39.1 Å². The van der Waals surface area contributed by atoms with Gasteiger partial charge in [0.2, 0.25) is 0 Å². The monoisotopic (exact) mass is 645 g/mol. The van der Waals surface area contributed by atoms with Crippen LogP contribution in [0.2, 0.25) is 0 Å². The predicted molar refractivity (Wildman–Crippen MR) is 185 cm³/mol. The second-order valence-corrected chi connectivity index (χ2v) is 13.3. The molecule has 8 heteroatoms. The maximum atomic E-state index is 12.6. The minimum atomic E-state index is -4.56. The smallest absolute Gasteiger partial charge is 0.305 e. The number of para-hydroxylation sites is 1. The Morgan fingerprint density at radius 2 is 1.43 bits per heavy atom. The minimum absolute atomic E-state index is 0.0782. The van der Waals surface area contributed by atoms with Gasteiger partial charge in [0.15, 0.2) is 0 Å². The first-order valence-corrected chi connectivity index (χ1v) is 16.7. The molecular formula is C39H35NO6S. The molecule has 7 nitrogen and oxygen atoms in total. The van der Waals surface area contributed by atoms with E-state index in [0.717, 1.165) is 44.4 Å². The number of carboxylic acids is 1. The number of aliphatic carboxylic acids is 1. The molecule has 47 heavy (non-hydrogen) atoms. The van der Waals surface area contributed by atoms with Crippen LogP contribution in [0.1, 0.15) is 45.4 Å². The number of rotatable bonds is 8. The molecule has 1 aliphatic rings. The van der Waals surface area contributed by atoms with Crippen LogP contribution in [0.3, 0.4) is 0 Å². The van der Waals surface area contributed by atoms with Crippen LogP contribution in [0.4, 0.5) is 11.4 Å². The molecule has 5 aromatic rings. The maximum absolute atomic E-state index is 12.6. The van der Waals surface area contributed by atoms with Crippen molar-refractivity contribution in [3.63, 3.8) is 0 Å². The largest absolute Gasteiger partial charge is 0.481 e. The van der Waals surface area contributed by atoms with Crippen LogP contribution in [0.5, 0.6) is 11.5 Å². The van der Waals surface area contributed by atoms with Crippen molar-refractivity contribution in [3.8, 4) is 11.5 Å². The van der Waals surface area contributed by atoms with Gasteiger partial charge in [-0.3, -0.25) is 9.35 Å². The Labute approximate surface area is 274 Å².